The van der Waals surface area contributed by atoms with Crippen molar-refractivity contribution in [2.24, 2.45) is 0 Å². The fourth-order valence-corrected chi connectivity index (χ4v) is 2.28. The third-order valence-corrected chi connectivity index (χ3v) is 3.55. The van der Waals surface area contributed by atoms with Crippen LogP contribution in [0.2, 0.25) is 0 Å². The van der Waals surface area contributed by atoms with Crippen molar-refractivity contribution >= 4 is 17.6 Å². The molecule has 0 bridgehead atoms. The van der Waals surface area contributed by atoms with Crippen LogP contribution in [0.1, 0.15) is 71.8 Å². The number of carboxylic acids is 1. The molecule has 2 rings (SSSR count). The minimum atomic E-state index is -1.01. The summed E-state index contributed by atoms with van der Waals surface area (Å²) in [5, 5.41) is 11.6. The summed E-state index contributed by atoms with van der Waals surface area (Å²) in [5.41, 5.74) is 2.62. The minimum Gasteiger partial charge on any atom is -0.478 e. The highest BCUT2D eigenvalue weighted by Crippen LogP contribution is 2.22. The molecule has 126 valence electrons. The summed E-state index contributed by atoms with van der Waals surface area (Å²) < 4.78 is 0. The number of hydrogen-bond donors (Lipinski definition) is 2. The van der Waals surface area contributed by atoms with Crippen molar-refractivity contribution in [3.63, 3.8) is 0 Å². The van der Waals surface area contributed by atoms with E-state index in [1.807, 2.05) is 27.7 Å². The maximum absolute atomic E-state index is 12.4. The van der Waals surface area contributed by atoms with E-state index in [1.54, 1.807) is 12.1 Å². The number of carbonyl (C=O) groups excluding carboxylic acids is 1. The Kier molecular flexibility index (Phi) is 5.28. The Labute approximate surface area is 141 Å². The van der Waals surface area contributed by atoms with E-state index in [-0.39, 0.29) is 29.0 Å². The molecule has 0 radical (unpaired) electrons. The molecule has 0 atom stereocenters. The van der Waals surface area contributed by atoms with Gasteiger partial charge in [-0.3, -0.25) is 9.78 Å². The van der Waals surface area contributed by atoms with Crippen LogP contribution in [0.25, 0.3) is 0 Å². The fourth-order valence-electron chi connectivity index (χ4n) is 2.28. The molecule has 24 heavy (non-hydrogen) atoms. The molecule has 2 aromatic rings. The van der Waals surface area contributed by atoms with Gasteiger partial charge in [-0.05, 0) is 36.1 Å². The molecule has 0 unspecified atom stereocenters. The number of aromatic carboxylic acids is 1. The van der Waals surface area contributed by atoms with E-state index < -0.39 is 5.97 Å². The summed E-state index contributed by atoms with van der Waals surface area (Å²) in [6, 6.07) is 5.96. The molecule has 6 nitrogen and oxygen atoms in total. The molecular weight excluding hydrogens is 306 g/mol. The first-order valence-corrected chi connectivity index (χ1v) is 7.81. The van der Waals surface area contributed by atoms with Crippen LogP contribution in [0.15, 0.2) is 30.5 Å². The van der Waals surface area contributed by atoms with Gasteiger partial charge in [0.25, 0.3) is 5.91 Å². The van der Waals surface area contributed by atoms with Crippen molar-refractivity contribution in [3.05, 3.63) is 53.1 Å². The number of carbonyl (C=O) groups is 2. The second-order valence-electron chi connectivity index (χ2n) is 6.17. The zero-order valence-corrected chi connectivity index (χ0v) is 14.2. The number of nitrogens with one attached hydrogen (secondary N) is 1. The van der Waals surface area contributed by atoms with Gasteiger partial charge in [0.15, 0.2) is 0 Å². The Morgan fingerprint density at radius 1 is 1.00 bits per heavy atom. The smallest absolute Gasteiger partial charge is 0.335 e. The summed E-state index contributed by atoms with van der Waals surface area (Å²) in [5.74, 6) is -0.986. The number of benzene rings is 1. The molecule has 2 N–H and O–H groups in total. The van der Waals surface area contributed by atoms with Gasteiger partial charge in [-0.25, -0.2) is 9.78 Å². The van der Waals surface area contributed by atoms with E-state index in [1.165, 1.54) is 18.3 Å². The Balaban J connectivity index is 2.23. The van der Waals surface area contributed by atoms with Crippen LogP contribution in [-0.4, -0.2) is 27.0 Å². The van der Waals surface area contributed by atoms with Gasteiger partial charge in [-0.2, -0.15) is 0 Å². The molecule has 0 aliphatic carbocycles. The van der Waals surface area contributed by atoms with Crippen molar-refractivity contribution in [2.75, 3.05) is 5.32 Å². The van der Waals surface area contributed by atoms with Crippen LogP contribution < -0.4 is 5.32 Å². The topological polar surface area (TPSA) is 92.2 Å². The third-order valence-electron chi connectivity index (χ3n) is 3.55. The monoisotopic (exact) mass is 327 g/mol. The highest BCUT2D eigenvalue weighted by molar-refractivity contribution is 6.03. The van der Waals surface area contributed by atoms with Crippen molar-refractivity contribution in [2.45, 2.75) is 39.5 Å². The Morgan fingerprint density at radius 2 is 1.58 bits per heavy atom. The Hall–Kier alpha value is -2.76. The standard InChI is InChI=1S/C18H21N3O3/c1-10(2)15-16(11(3)4)21-14(9-19-15)17(22)20-13-7-5-12(6-8-13)18(23)24/h5-11H,1-4H3,(H,20,22)(H,23,24). The number of anilines is 1. The molecule has 1 heterocycles. The van der Waals surface area contributed by atoms with Crippen LogP contribution in [0, 0.1) is 0 Å². The first kappa shape index (κ1) is 17.6. The first-order chi connectivity index (χ1) is 11.3. The van der Waals surface area contributed by atoms with Gasteiger partial charge in [-0.15, -0.1) is 0 Å². The highest BCUT2D eigenvalue weighted by atomic mass is 16.4. The van der Waals surface area contributed by atoms with E-state index in [9.17, 15) is 9.59 Å². The van der Waals surface area contributed by atoms with E-state index >= 15 is 0 Å². The average Bonchev–Trinajstić information content (AvgIpc) is 2.54. The summed E-state index contributed by atoms with van der Waals surface area (Å²) in [7, 11) is 0. The first-order valence-electron chi connectivity index (χ1n) is 7.81. The molecule has 1 amide bonds. The molecule has 1 aromatic heterocycles. The van der Waals surface area contributed by atoms with Crippen LogP contribution >= 0.6 is 0 Å². The van der Waals surface area contributed by atoms with Crippen LogP contribution in [0.4, 0.5) is 5.69 Å². The maximum Gasteiger partial charge on any atom is 0.335 e. The lowest BCUT2D eigenvalue weighted by atomic mass is 10.0. The van der Waals surface area contributed by atoms with E-state index in [0.29, 0.717) is 5.69 Å². The average molecular weight is 327 g/mol. The van der Waals surface area contributed by atoms with Gasteiger partial charge < -0.3 is 10.4 Å². The van der Waals surface area contributed by atoms with Gasteiger partial charge in [0, 0.05) is 5.69 Å². The van der Waals surface area contributed by atoms with Crippen LogP contribution in [0.5, 0.6) is 0 Å². The molecular formula is C18H21N3O3. The molecule has 6 heteroatoms. The number of carboxylic acid groups (broad SMARTS) is 1. The van der Waals surface area contributed by atoms with Gasteiger partial charge in [0.2, 0.25) is 0 Å². The highest BCUT2D eigenvalue weighted by Gasteiger charge is 2.17. The van der Waals surface area contributed by atoms with Crippen molar-refractivity contribution in [3.8, 4) is 0 Å². The van der Waals surface area contributed by atoms with Crippen molar-refractivity contribution in [1.82, 2.24) is 9.97 Å². The number of hydrogen-bond acceptors (Lipinski definition) is 4. The number of amides is 1. The number of aromatic nitrogens is 2. The summed E-state index contributed by atoms with van der Waals surface area (Å²) >= 11 is 0. The lowest BCUT2D eigenvalue weighted by Gasteiger charge is -2.14. The normalized spacial score (nSPS) is 10.9. The summed E-state index contributed by atoms with van der Waals surface area (Å²) in [6.07, 6.45) is 1.47. The zero-order chi connectivity index (χ0) is 17.9. The number of rotatable bonds is 5. The third kappa shape index (κ3) is 3.95. The maximum atomic E-state index is 12.4. The molecule has 0 saturated carbocycles. The molecule has 0 spiro atoms. The van der Waals surface area contributed by atoms with E-state index in [0.717, 1.165) is 11.4 Å². The second kappa shape index (κ2) is 7.21. The SMILES string of the molecule is CC(C)c1ncc(C(=O)Nc2ccc(C(=O)O)cc2)nc1C(C)C. The molecule has 0 aliphatic heterocycles. The summed E-state index contributed by atoms with van der Waals surface area (Å²) in [4.78, 5) is 32.1. The van der Waals surface area contributed by atoms with Gasteiger partial charge in [-0.1, -0.05) is 27.7 Å². The number of nitrogens with zero attached hydrogens (tertiary/aromatic N) is 2. The lowest BCUT2D eigenvalue weighted by Crippen LogP contribution is -2.17. The van der Waals surface area contributed by atoms with Crippen LogP contribution in [-0.2, 0) is 0 Å². The summed E-state index contributed by atoms with van der Waals surface area (Å²) in [6.45, 7) is 8.11. The predicted molar refractivity (Wildman–Crippen MR) is 91.6 cm³/mol. The Morgan fingerprint density at radius 3 is 2.08 bits per heavy atom. The van der Waals surface area contributed by atoms with Gasteiger partial charge in [0.1, 0.15) is 5.69 Å². The zero-order valence-electron chi connectivity index (χ0n) is 14.2. The lowest BCUT2D eigenvalue weighted by molar-refractivity contribution is 0.0696. The van der Waals surface area contributed by atoms with E-state index in [4.69, 9.17) is 5.11 Å². The molecule has 0 fully saturated rings. The largest absolute Gasteiger partial charge is 0.478 e. The van der Waals surface area contributed by atoms with Gasteiger partial charge in [0.05, 0.1) is 23.1 Å². The molecule has 1 aromatic carbocycles. The quantitative estimate of drug-likeness (QED) is 0.874. The van der Waals surface area contributed by atoms with Crippen molar-refractivity contribution < 1.29 is 14.7 Å². The molecule has 0 saturated heterocycles. The minimum absolute atomic E-state index is 0.163. The van der Waals surface area contributed by atoms with Gasteiger partial charge >= 0.3 is 5.97 Å². The predicted octanol–water partition coefficient (Wildman–Crippen LogP) is 3.67. The van der Waals surface area contributed by atoms with E-state index in [2.05, 4.69) is 15.3 Å². The Bertz CT molecular complexity index is 753. The second-order valence-corrected chi connectivity index (χ2v) is 6.17. The molecule has 0 aliphatic rings. The van der Waals surface area contributed by atoms with Crippen LogP contribution in [0.3, 0.4) is 0 Å². The fraction of sp³-hybridized carbons (Fsp3) is 0.333. The van der Waals surface area contributed by atoms with Crippen molar-refractivity contribution in [1.29, 1.82) is 0 Å².